The zero-order valence-corrected chi connectivity index (χ0v) is 14.3. The molecule has 0 bridgehead atoms. The van der Waals surface area contributed by atoms with Crippen LogP contribution in [0.2, 0.25) is 0 Å². The Morgan fingerprint density at radius 2 is 1.96 bits per heavy atom. The van der Waals surface area contributed by atoms with E-state index in [1.165, 1.54) is 25.1 Å². The van der Waals surface area contributed by atoms with E-state index < -0.39 is 28.8 Å². The fourth-order valence-electron chi connectivity index (χ4n) is 1.99. The maximum absolute atomic E-state index is 12.0. The predicted molar refractivity (Wildman–Crippen MR) is 93.0 cm³/mol. The van der Waals surface area contributed by atoms with Crippen LogP contribution in [0.15, 0.2) is 46.9 Å². The maximum Gasteiger partial charge on any atom is 0.433 e. The number of carbonyl (C=O) groups is 2. The summed E-state index contributed by atoms with van der Waals surface area (Å²) < 4.78 is 9.85. The lowest BCUT2D eigenvalue weighted by Crippen LogP contribution is -2.35. The van der Waals surface area contributed by atoms with E-state index in [0.717, 1.165) is 17.2 Å². The third-order valence-electron chi connectivity index (χ3n) is 3.43. The Morgan fingerprint density at radius 1 is 1.27 bits per heavy atom. The molecule has 2 aromatic rings. The standard InChI is InChI=1S/C18H18N2O6/c1-12-3-5-14(6-4-12)11-19-18(22)13(2)25-17(21)10-8-15-7-9-16(26-15)20(23)24/h3-10,13H,11H2,1-2H3,(H,19,22)/b10-8+/t13-/m0/s1. The van der Waals surface area contributed by atoms with Crippen molar-refractivity contribution >= 4 is 23.8 Å². The molecule has 0 spiro atoms. The van der Waals surface area contributed by atoms with Gasteiger partial charge >= 0.3 is 11.9 Å². The molecule has 1 aromatic carbocycles. The second-order valence-electron chi connectivity index (χ2n) is 5.55. The molecule has 0 saturated heterocycles. The molecule has 0 radical (unpaired) electrons. The highest BCUT2D eigenvalue weighted by Crippen LogP contribution is 2.16. The topological polar surface area (TPSA) is 112 Å². The Labute approximate surface area is 149 Å². The van der Waals surface area contributed by atoms with Gasteiger partial charge in [-0.3, -0.25) is 14.9 Å². The zero-order valence-electron chi connectivity index (χ0n) is 14.3. The molecule has 1 aromatic heterocycles. The van der Waals surface area contributed by atoms with Gasteiger partial charge in [0.15, 0.2) is 6.10 Å². The van der Waals surface area contributed by atoms with Gasteiger partial charge in [0.05, 0.1) is 6.07 Å². The number of aryl methyl sites for hydroxylation is 1. The van der Waals surface area contributed by atoms with E-state index in [9.17, 15) is 19.7 Å². The molecule has 0 saturated carbocycles. The molecule has 1 heterocycles. The van der Waals surface area contributed by atoms with Crippen molar-refractivity contribution in [2.24, 2.45) is 0 Å². The Hall–Kier alpha value is -3.42. The first-order valence-electron chi connectivity index (χ1n) is 7.81. The molecule has 1 amide bonds. The molecule has 0 aliphatic heterocycles. The van der Waals surface area contributed by atoms with Crippen molar-refractivity contribution < 1.29 is 23.7 Å². The molecule has 8 heteroatoms. The van der Waals surface area contributed by atoms with E-state index in [1.54, 1.807) is 0 Å². The van der Waals surface area contributed by atoms with Crippen LogP contribution >= 0.6 is 0 Å². The second kappa shape index (κ2) is 8.61. The lowest BCUT2D eigenvalue weighted by atomic mass is 10.1. The maximum atomic E-state index is 12.0. The first-order valence-corrected chi connectivity index (χ1v) is 7.81. The molecule has 0 fully saturated rings. The number of nitro groups is 1. The SMILES string of the molecule is Cc1ccc(CNC(=O)[C@H](C)OC(=O)/C=C/c2ccc([N+](=O)[O-])o2)cc1. The molecular weight excluding hydrogens is 340 g/mol. The third-order valence-corrected chi connectivity index (χ3v) is 3.43. The Bertz CT molecular complexity index is 822. The number of nitrogens with zero attached hydrogens (tertiary/aromatic N) is 1. The Kier molecular flexibility index (Phi) is 6.26. The van der Waals surface area contributed by atoms with Gasteiger partial charge in [-0.2, -0.15) is 0 Å². The second-order valence-corrected chi connectivity index (χ2v) is 5.55. The van der Waals surface area contributed by atoms with Crippen molar-refractivity contribution in [1.82, 2.24) is 5.32 Å². The smallest absolute Gasteiger partial charge is 0.433 e. The summed E-state index contributed by atoms with van der Waals surface area (Å²) in [6, 6.07) is 10.2. The monoisotopic (exact) mass is 358 g/mol. The summed E-state index contributed by atoms with van der Waals surface area (Å²) in [4.78, 5) is 33.5. The summed E-state index contributed by atoms with van der Waals surface area (Å²) in [5.41, 5.74) is 2.05. The average Bonchev–Trinajstić information content (AvgIpc) is 3.08. The molecule has 0 aliphatic carbocycles. The van der Waals surface area contributed by atoms with E-state index in [4.69, 9.17) is 9.15 Å². The molecule has 0 aliphatic rings. The molecule has 1 atom stereocenters. The van der Waals surface area contributed by atoms with Gasteiger partial charge in [-0.05, 0) is 31.6 Å². The number of furan rings is 1. The lowest BCUT2D eigenvalue weighted by molar-refractivity contribution is -0.402. The lowest BCUT2D eigenvalue weighted by Gasteiger charge is -2.12. The van der Waals surface area contributed by atoms with E-state index in [-0.39, 0.29) is 5.76 Å². The Balaban J connectivity index is 1.81. The first kappa shape index (κ1) is 18.9. The van der Waals surface area contributed by atoms with Crippen molar-refractivity contribution in [1.29, 1.82) is 0 Å². The van der Waals surface area contributed by atoms with Crippen LogP contribution in [-0.4, -0.2) is 22.9 Å². The minimum atomic E-state index is -0.983. The number of esters is 1. The van der Waals surface area contributed by atoms with Gasteiger partial charge in [0.2, 0.25) is 0 Å². The number of rotatable bonds is 7. The summed E-state index contributed by atoms with van der Waals surface area (Å²) in [5.74, 6) is -1.49. The van der Waals surface area contributed by atoms with Crippen LogP contribution in [0.5, 0.6) is 0 Å². The molecule has 2 rings (SSSR count). The predicted octanol–water partition coefficient (Wildman–Crippen LogP) is 2.76. The van der Waals surface area contributed by atoms with E-state index in [0.29, 0.717) is 6.54 Å². The van der Waals surface area contributed by atoms with Crippen LogP contribution in [-0.2, 0) is 20.9 Å². The quantitative estimate of drug-likeness (QED) is 0.352. The fourth-order valence-corrected chi connectivity index (χ4v) is 1.99. The number of ether oxygens (including phenoxy) is 1. The van der Waals surface area contributed by atoms with Crippen LogP contribution in [0.4, 0.5) is 5.88 Å². The van der Waals surface area contributed by atoms with E-state index >= 15 is 0 Å². The van der Waals surface area contributed by atoms with Gasteiger partial charge in [0.1, 0.15) is 10.7 Å². The highest BCUT2D eigenvalue weighted by atomic mass is 16.6. The molecular formula is C18H18N2O6. The van der Waals surface area contributed by atoms with Crippen molar-refractivity contribution in [2.45, 2.75) is 26.5 Å². The largest absolute Gasteiger partial charge is 0.449 e. The first-order chi connectivity index (χ1) is 12.3. The summed E-state index contributed by atoms with van der Waals surface area (Å²) in [7, 11) is 0. The summed E-state index contributed by atoms with van der Waals surface area (Å²) in [6.07, 6.45) is 1.28. The minimum absolute atomic E-state index is 0.130. The van der Waals surface area contributed by atoms with Gasteiger partial charge < -0.3 is 14.5 Å². The van der Waals surface area contributed by atoms with Gasteiger partial charge in [-0.25, -0.2) is 4.79 Å². The number of carbonyl (C=O) groups excluding carboxylic acids is 2. The van der Waals surface area contributed by atoms with E-state index in [2.05, 4.69) is 5.32 Å². The molecule has 0 unspecified atom stereocenters. The summed E-state index contributed by atoms with van der Waals surface area (Å²) >= 11 is 0. The number of amides is 1. The van der Waals surface area contributed by atoms with Crippen LogP contribution in [0.3, 0.4) is 0 Å². The highest BCUT2D eigenvalue weighted by molar-refractivity contribution is 5.90. The summed E-state index contributed by atoms with van der Waals surface area (Å²) in [6.45, 7) is 3.75. The van der Waals surface area contributed by atoms with Gasteiger partial charge in [0, 0.05) is 12.6 Å². The fraction of sp³-hybridized carbons (Fsp3) is 0.222. The van der Waals surface area contributed by atoms with E-state index in [1.807, 2.05) is 31.2 Å². The highest BCUT2D eigenvalue weighted by Gasteiger charge is 2.16. The van der Waals surface area contributed by atoms with Gasteiger partial charge in [0.25, 0.3) is 5.91 Å². The zero-order chi connectivity index (χ0) is 19.1. The van der Waals surface area contributed by atoms with Crippen molar-refractivity contribution in [3.8, 4) is 0 Å². The van der Waals surface area contributed by atoms with Crippen LogP contribution in [0, 0.1) is 17.0 Å². The third kappa shape index (κ3) is 5.59. The van der Waals surface area contributed by atoms with Gasteiger partial charge in [-0.1, -0.05) is 29.8 Å². The normalized spacial score (nSPS) is 11.9. The Morgan fingerprint density at radius 3 is 2.58 bits per heavy atom. The van der Waals surface area contributed by atoms with Crippen molar-refractivity contribution in [3.63, 3.8) is 0 Å². The molecule has 26 heavy (non-hydrogen) atoms. The number of hydrogen-bond acceptors (Lipinski definition) is 6. The van der Waals surface area contributed by atoms with Crippen LogP contribution < -0.4 is 5.32 Å². The van der Waals surface area contributed by atoms with Crippen LogP contribution in [0.1, 0.15) is 23.8 Å². The minimum Gasteiger partial charge on any atom is -0.449 e. The molecule has 8 nitrogen and oxygen atoms in total. The summed E-state index contributed by atoms with van der Waals surface area (Å²) in [5, 5.41) is 13.2. The van der Waals surface area contributed by atoms with Gasteiger partial charge in [-0.15, -0.1) is 0 Å². The van der Waals surface area contributed by atoms with Crippen LogP contribution in [0.25, 0.3) is 6.08 Å². The number of nitrogens with one attached hydrogen (secondary N) is 1. The average molecular weight is 358 g/mol. The molecule has 1 N–H and O–H groups in total. The number of benzene rings is 1. The molecule has 136 valence electrons. The van der Waals surface area contributed by atoms with Crippen molar-refractivity contribution in [3.05, 3.63) is 69.5 Å². The number of hydrogen-bond donors (Lipinski definition) is 1. The van der Waals surface area contributed by atoms with Crippen molar-refractivity contribution in [2.75, 3.05) is 0 Å².